The van der Waals surface area contributed by atoms with Gasteiger partial charge in [0.05, 0.1) is 5.69 Å². The molecule has 76 valence electrons. The zero-order valence-electron chi connectivity index (χ0n) is 8.11. The Bertz CT molecular complexity index is 347. The van der Waals surface area contributed by atoms with Gasteiger partial charge >= 0.3 is 0 Å². The van der Waals surface area contributed by atoms with Crippen LogP contribution in [0.1, 0.15) is 18.9 Å². The lowest BCUT2D eigenvalue weighted by Gasteiger charge is -2.16. The second-order valence-electron chi connectivity index (χ2n) is 4.04. The first kappa shape index (κ1) is 9.44. The average molecular weight is 197 g/mol. The van der Waals surface area contributed by atoms with E-state index in [1.807, 2.05) is 0 Å². The van der Waals surface area contributed by atoms with Crippen LogP contribution in [0.3, 0.4) is 0 Å². The molecule has 0 saturated heterocycles. The van der Waals surface area contributed by atoms with Gasteiger partial charge < -0.3 is 5.32 Å². The second-order valence-corrected chi connectivity index (χ2v) is 4.04. The predicted molar refractivity (Wildman–Crippen MR) is 52.7 cm³/mol. The van der Waals surface area contributed by atoms with Crippen molar-refractivity contribution >= 4 is 5.69 Å². The van der Waals surface area contributed by atoms with Crippen LogP contribution >= 0.6 is 0 Å². The van der Waals surface area contributed by atoms with Crippen molar-refractivity contribution in [3.05, 3.63) is 29.6 Å². The molecule has 1 aromatic carbocycles. The lowest BCUT2D eigenvalue weighted by atomic mass is 9.96. The van der Waals surface area contributed by atoms with Crippen LogP contribution in [-0.2, 0) is 6.42 Å². The van der Waals surface area contributed by atoms with E-state index in [-0.39, 0.29) is 12.2 Å². The molecule has 0 amide bonds. The molecular weight excluding hydrogens is 184 g/mol. The minimum Gasteiger partial charge on any atom is -0.382 e. The van der Waals surface area contributed by atoms with Crippen molar-refractivity contribution in [1.29, 1.82) is 0 Å². The van der Waals surface area contributed by atoms with E-state index < -0.39 is 5.67 Å². The third-order valence-electron chi connectivity index (χ3n) is 2.61. The van der Waals surface area contributed by atoms with Crippen molar-refractivity contribution in [3.8, 4) is 0 Å². The number of anilines is 1. The fourth-order valence-electron chi connectivity index (χ4n) is 1.85. The summed E-state index contributed by atoms with van der Waals surface area (Å²) in [7, 11) is 0. The largest absolute Gasteiger partial charge is 0.382 e. The fraction of sp³-hybridized carbons (Fsp3) is 0.455. The molecule has 0 saturated carbocycles. The fourth-order valence-corrected chi connectivity index (χ4v) is 1.85. The Balaban J connectivity index is 2.42. The van der Waals surface area contributed by atoms with Crippen molar-refractivity contribution in [2.75, 3.05) is 11.9 Å². The van der Waals surface area contributed by atoms with Crippen molar-refractivity contribution in [3.63, 3.8) is 0 Å². The first-order chi connectivity index (χ1) is 6.58. The highest BCUT2D eigenvalue weighted by molar-refractivity contribution is 5.53. The van der Waals surface area contributed by atoms with E-state index in [0.717, 1.165) is 5.56 Å². The maximum absolute atomic E-state index is 13.8. The van der Waals surface area contributed by atoms with E-state index in [1.54, 1.807) is 19.1 Å². The lowest BCUT2D eigenvalue weighted by Crippen LogP contribution is -2.21. The molecule has 0 bridgehead atoms. The summed E-state index contributed by atoms with van der Waals surface area (Å²) in [5.74, 6) is -0.291. The number of halogens is 2. The molecule has 2 rings (SSSR count). The van der Waals surface area contributed by atoms with Crippen LogP contribution in [0.5, 0.6) is 0 Å². The number of hydrogen-bond acceptors (Lipinski definition) is 1. The molecule has 1 unspecified atom stereocenters. The summed E-state index contributed by atoms with van der Waals surface area (Å²) in [6, 6.07) is 4.79. The Morgan fingerprint density at radius 2 is 2.21 bits per heavy atom. The number of hydrogen-bond donors (Lipinski definition) is 1. The molecule has 0 spiro atoms. The Hall–Kier alpha value is -1.12. The van der Waals surface area contributed by atoms with E-state index in [9.17, 15) is 8.78 Å². The smallest absolute Gasteiger partial charge is 0.146 e. The number of alkyl halides is 1. The normalized spacial score (nSPS) is 26.2. The summed E-state index contributed by atoms with van der Waals surface area (Å²) in [6.07, 6.45) is 0.703. The molecule has 0 aliphatic carbocycles. The maximum Gasteiger partial charge on any atom is 0.146 e. The van der Waals surface area contributed by atoms with Gasteiger partial charge in [0.2, 0.25) is 0 Å². The standard InChI is InChI=1S/C11H13F2N/c1-11(13)5-6-14-10-8(7-11)3-2-4-9(10)12/h2-4,14H,5-7H2,1H3. The topological polar surface area (TPSA) is 12.0 Å². The minimum absolute atomic E-state index is 0.285. The summed E-state index contributed by atoms with van der Waals surface area (Å²) in [5.41, 5.74) is -0.0344. The van der Waals surface area contributed by atoms with Gasteiger partial charge in [-0.2, -0.15) is 0 Å². The summed E-state index contributed by atoms with van der Waals surface area (Å²) in [5, 5.41) is 2.93. The number of para-hydroxylation sites is 1. The van der Waals surface area contributed by atoms with E-state index in [4.69, 9.17) is 0 Å². The van der Waals surface area contributed by atoms with Gasteiger partial charge in [0.15, 0.2) is 0 Å². The highest BCUT2D eigenvalue weighted by Crippen LogP contribution is 2.30. The van der Waals surface area contributed by atoms with Crippen LogP contribution in [0.4, 0.5) is 14.5 Å². The molecule has 0 aromatic heterocycles. The zero-order valence-corrected chi connectivity index (χ0v) is 8.11. The van der Waals surface area contributed by atoms with Crippen molar-refractivity contribution in [1.82, 2.24) is 0 Å². The Kier molecular flexibility index (Phi) is 2.17. The highest BCUT2D eigenvalue weighted by atomic mass is 19.1. The number of fused-ring (bicyclic) bond motifs is 1. The Morgan fingerprint density at radius 3 is 3.00 bits per heavy atom. The SMILES string of the molecule is CC1(F)CCNc2c(F)cccc2C1. The van der Waals surface area contributed by atoms with E-state index >= 15 is 0 Å². The molecule has 1 aliphatic heterocycles. The summed E-state index contributed by atoms with van der Waals surface area (Å²) in [6.45, 7) is 2.05. The van der Waals surface area contributed by atoms with Gasteiger partial charge in [-0.1, -0.05) is 12.1 Å². The molecule has 1 atom stereocenters. The van der Waals surface area contributed by atoms with Gasteiger partial charge in [-0.3, -0.25) is 0 Å². The van der Waals surface area contributed by atoms with Crippen molar-refractivity contribution < 1.29 is 8.78 Å². The Labute approximate surface area is 82.1 Å². The first-order valence-electron chi connectivity index (χ1n) is 4.79. The second kappa shape index (κ2) is 3.23. The molecule has 1 nitrogen and oxygen atoms in total. The maximum atomic E-state index is 13.8. The lowest BCUT2D eigenvalue weighted by molar-refractivity contribution is 0.183. The number of benzene rings is 1. The van der Waals surface area contributed by atoms with Crippen LogP contribution in [0.15, 0.2) is 18.2 Å². The molecule has 14 heavy (non-hydrogen) atoms. The van der Waals surface area contributed by atoms with Crippen LogP contribution in [-0.4, -0.2) is 12.2 Å². The van der Waals surface area contributed by atoms with E-state index in [2.05, 4.69) is 5.32 Å². The van der Waals surface area contributed by atoms with Crippen LogP contribution in [0, 0.1) is 5.82 Å². The summed E-state index contributed by atoms with van der Waals surface area (Å²) < 4.78 is 27.1. The van der Waals surface area contributed by atoms with E-state index in [1.165, 1.54) is 6.07 Å². The molecular formula is C11H13F2N. The molecule has 0 fully saturated rings. The molecule has 0 radical (unpaired) electrons. The quantitative estimate of drug-likeness (QED) is 0.674. The third-order valence-corrected chi connectivity index (χ3v) is 2.61. The van der Waals surface area contributed by atoms with Crippen LogP contribution in [0.2, 0.25) is 0 Å². The Morgan fingerprint density at radius 1 is 1.43 bits per heavy atom. The zero-order chi connectivity index (χ0) is 10.2. The molecule has 1 aliphatic rings. The van der Waals surface area contributed by atoms with Gasteiger partial charge in [-0.05, 0) is 25.0 Å². The number of rotatable bonds is 0. The van der Waals surface area contributed by atoms with Crippen molar-refractivity contribution in [2.24, 2.45) is 0 Å². The van der Waals surface area contributed by atoms with Gasteiger partial charge in [0.25, 0.3) is 0 Å². The highest BCUT2D eigenvalue weighted by Gasteiger charge is 2.28. The average Bonchev–Trinajstić information content (AvgIpc) is 2.23. The molecule has 3 heteroatoms. The molecule has 1 N–H and O–H groups in total. The molecule has 1 heterocycles. The van der Waals surface area contributed by atoms with Crippen LogP contribution < -0.4 is 5.32 Å². The first-order valence-corrected chi connectivity index (χ1v) is 4.79. The monoisotopic (exact) mass is 197 g/mol. The predicted octanol–water partition coefficient (Wildman–Crippen LogP) is 2.91. The summed E-state index contributed by atoms with van der Waals surface area (Å²) in [4.78, 5) is 0. The molecule has 1 aromatic rings. The number of nitrogens with one attached hydrogen (secondary N) is 1. The van der Waals surface area contributed by atoms with Gasteiger partial charge in [0.1, 0.15) is 11.5 Å². The van der Waals surface area contributed by atoms with E-state index in [0.29, 0.717) is 18.7 Å². The van der Waals surface area contributed by atoms with Gasteiger partial charge in [-0.15, -0.1) is 0 Å². The third kappa shape index (κ3) is 1.72. The van der Waals surface area contributed by atoms with Crippen LogP contribution in [0.25, 0.3) is 0 Å². The summed E-state index contributed by atoms with van der Waals surface area (Å²) >= 11 is 0. The van der Waals surface area contributed by atoms with Gasteiger partial charge in [-0.25, -0.2) is 8.78 Å². The minimum atomic E-state index is -1.23. The van der Waals surface area contributed by atoms with Gasteiger partial charge in [0, 0.05) is 13.0 Å². The van der Waals surface area contributed by atoms with Crippen molar-refractivity contribution in [2.45, 2.75) is 25.4 Å².